The average Bonchev–Trinajstić information content (AvgIpc) is 2.86. The number of likely N-dealkylation sites (tertiary alicyclic amines) is 1. The van der Waals surface area contributed by atoms with Gasteiger partial charge >= 0.3 is 6.36 Å². The van der Waals surface area contributed by atoms with Crippen molar-refractivity contribution in [1.82, 2.24) is 9.80 Å². The molecule has 1 heterocycles. The van der Waals surface area contributed by atoms with E-state index in [9.17, 15) is 52.8 Å². The lowest BCUT2D eigenvalue weighted by atomic mass is 9.57. The van der Waals surface area contributed by atoms with Gasteiger partial charge in [-0.15, -0.1) is 13.2 Å². The van der Waals surface area contributed by atoms with E-state index in [0.717, 1.165) is 6.07 Å². The number of primary amides is 1. The highest BCUT2D eigenvalue weighted by atomic mass is 19.4. The van der Waals surface area contributed by atoms with Gasteiger partial charge in [-0.05, 0) is 46.3 Å². The Morgan fingerprint density at radius 2 is 1.86 bits per heavy atom. The summed E-state index contributed by atoms with van der Waals surface area (Å²) in [6.07, 6.45) is -5.54. The summed E-state index contributed by atoms with van der Waals surface area (Å²) in [6.45, 7) is 0.593. The monoisotopic (exact) mass is 610 g/mol. The van der Waals surface area contributed by atoms with Crippen LogP contribution in [0.5, 0.6) is 11.5 Å². The summed E-state index contributed by atoms with van der Waals surface area (Å²) in [5.74, 6) is -11.0. The van der Waals surface area contributed by atoms with Crippen molar-refractivity contribution in [3.63, 3.8) is 0 Å². The molecule has 16 heteroatoms. The van der Waals surface area contributed by atoms with Gasteiger partial charge in [0, 0.05) is 29.7 Å². The summed E-state index contributed by atoms with van der Waals surface area (Å²) in [5, 5.41) is 47.4. The van der Waals surface area contributed by atoms with Gasteiger partial charge in [0.05, 0.1) is 23.3 Å². The smallest absolute Gasteiger partial charge is 0.508 e. The van der Waals surface area contributed by atoms with Crippen LogP contribution in [0.2, 0.25) is 0 Å². The minimum Gasteiger partial charge on any atom is -0.508 e. The maximum Gasteiger partial charge on any atom is 0.573 e. The predicted molar refractivity (Wildman–Crippen MR) is 141 cm³/mol. The number of carbonyl (C=O) groups excluding carboxylic acids is 4. The van der Waals surface area contributed by atoms with Crippen LogP contribution in [0.15, 0.2) is 23.0 Å². The molecule has 13 nitrogen and oxygen atoms in total. The second kappa shape index (κ2) is 9.96. The van der Waals surface area contributed by atoms with Crippen LogP contribution in [-0.2, 0) is 25.6 Å². The van der Waals surface area contributed by atoms with Gasteiger partial charge < -0.3 is 36.2 Å². The number of phenols is 1. The number of fused-ring (bicyclic) bond motifs is 3. The van der Waals surface area contributed by atoms with E-state index in [1.165, 1.54) is 19.0 Å². The van der Waals surface area contributed by atoms with Crippen LogP contribution < -0.4 is 15.8 Å². The van der Waals surface area contributed by atoms with E-state index in [2.05, 4.69) is 10.1 Å². The van der Waals surface area contributed by atoms with Gasteiger partial charge in [0.25, 0.3) is 5.91 Å². The summed E-state index contributed by atoms with van der Waals surface area (Å²) in [7, 11) is 4.48. The number of alkyl halides is 3. The zero-order valence-corrected chi connectivity index (χ0v) is 23.2. The first-order valence-corrected chi connectivity index (χ1v) is 13.2. The maximum absolute atomic E-state index is 13.9. The average molecular weight is 611 g/mol. The number of halogens is 3. The first kappa shape index (κ1) is 30.3. The molecule has 0 spiro atoms. The number of benzene rings is 1. The molecule has 1 aromatic rings. The van der Waals surface area contributed by atoms with Crippen molar-refractivity contribution < 1.29 is 57.5 Å². The first-order valence-electron chi connectivity index (χ1n) is 13.2. The van der Waals surface area contributed by atoms with Crippen LogP contribution in [0.4, 0.5) is 18.9 Å². The number of hydrogen-bond acceptors (Lipinski definition) is 11. The van der Waals surface area contributed by atoms with Gasteiger partial charge in [-0.1, -0.05) is 0 Å². The summed E-state index contributed by atoms with van der Waals surface area (Å²) < 4.78 is 44.7. The lowest BCUT2D eigenvalue weighted by molar-refractivity contribution is -0.275. The number of nitrogens with one attached hydrogen (secondary N) is 1. The van der Waals surface area contributed by atoms with Crippen molar-refractivity contribution >= 4 is 34.8 Å². The molecule has 0 radical (unpaired) electrons. The SMILES string of the molecule is CN(C)[C@@H]1C(=O)C(C(N)=O)=C(O)[C@@]2(O)C(=O)C3=C(O)c4c(O)c(NC(=O)[C@@H]5CCN5C)cc(OC(F)(F)F)c4C[C@H]3C[C@@H]12. The van der Waals surface area contributed by atoms with Crippen LogP contribution in [0.1, 0.15) is 24.0 Å². The molecule has 1 aliphatic heterocycles. The number of likely N-dealkylation sites (N-methyl/N-ethyl adjacent to an activating group) is 2. The minimum atomic E-state index is -5.23. The van der Waals surface area contributed by atoms with E-state index < -0.39 is 111 Å². The molecular formula is C27H29F3N4O9. The number of hydrogen-bond donors (Lipinski definition) is 6. The molecule has 0 unspecified atom stereocenters. The fraction of sp³-hybridized carbons (Fsp3) is 0.481. The van der Waals surface area contributed by atoms with E-state index in [4.69, 9.17) is 5.73 Å². The number of anilines is 1. The Hall–Kier alpha value is -4.15. The third kappa shape index (κ3) is 4.51. The van der Waals surface area contributed by atoms with Crippen LogP contribution in [-0.4, -0.2) is 105 Å². The molecule has 0 bridgehead atoms. The van der Waals surface area contributed by atoms with E-state index in [-0.39, 0.29) is 12.0 Å². The van der Waals surface area contributed by atoms with Crippen molar-refractivity contribution in [2.75, 3.05) is 33.0 Å². The zero-order valence-electron chi connectivity index (χ0n) is 23.2. The van der Waals surface area contributed by atoms with Crippen molar-refractivity contribution in [3.8, 4) is 11.5 Å². The first-order chi connectivity index (χ1) is 19.9. The molecule has 1 saturated carbocycles. The predicted octanol–water partition coefficient (Wildman–Crippen LogP) is 0.505. The highest BCUT2D eigenvalue weighted by Crippen LogP contribution is 2.55. The van der Waals surface area contributed by atoms with Crippen LogP contribution in [0, 0.1) is 11.8 Å². The lowest BCUT2D eigenvalue weighted by Gasteiger charge is -2.50. The normalized spacial score (nSPS) is 29.1. The number of carbonyl (C=O) groups is 4. The van der Waals surface area contributed by atoms with Gasteiger partial charge in [0.1, 0.15) is 22.8 Å². The summed E-state index contributed by atoms with van der Waals surface area (Å²) in [4.78, 5) is 54.9. The van der Waals surface area contributed by atoms with Gasteiger partial charge in [-0.25, -0.2) is 0 Å². The van der Waals surface area contributed by atoms with E-state index >= 15 is 0 Å². The second-order valence-electron chi connectivity index (χ2n) is 11.4. The third-order valence-electron chi connectivity index (χ3n) is 8.75. The standard InChI is InChI=1S/C27H29F3N4O9/c1-33(2)18-11-7-9-6-10-14(43-27(28,29)30)8-12(32-25(41)13-4-5-34(13)3)19(35)16(10)20(36)15(9)22(38)26(11,42)23(39)17(21(18)37)24(31)40/h8-9,11,13,18,35-36,39,42H,4-7H2,1-3H3,(H2,31,40)(H,32,41)/t9-,11-,13-,18-,26-/m0/s1. The van der Waals surface area contributed by atoms with E-state index in [1.807, 2.05) is 0 Å². The van der Waals surface area contributed by atoms with Crippen LogP contribution >= 0.6 is 0 Å². The number of aliphatic hydroxyl groups is 3. The Morgan fingerprint density at radius 1 is 1.21 bits per heavy atom. The Bertz CT molecular complexity index is 1540. The third-order valence-corrected chi connectivity index (χ3v) is 8.75. The van der Waals surface area contributed by atoms with Gasteiger partial charge in [-0.2, -0.15) is 0 Å². The summed E-state index contributed by atoms with van der Waals surface area (Å²) in [6, 6.07) is -1.23. The van der Waals surface area contributed by atoms with Gasteiger partial charge in [-0.3, -0.25) is 29.0 Å². The fourth-order valence-corrected chi connectivity index (χ4v) is 6.65. The van der Waals surface area contributed by atoms with Crippen molar-refractivity contribution in [2.24, 2.45) is 17.6 Å². The number of phenolic OH excluding ortho intramolecular Hbond substituents is 1. The molecule has 5 rings (SSSR count). The number of nitrogens with zero attached hydrogens (tertiary/aromatic N) is 2. The number of aliphatic hydroxyl groups excluding tert-OH is 2. The molecule has 4 aliphatic rings. The molecular weight excluding hydrogens is 581 g/mol. The molecule has 232 valence electrons. The molecule has 5 atom stereocenters. The van der Waals surface area contributed by atoms with Crippen LogP contribution in [0.25, 0.3) is 5.76 Å². The number of aromatic hydroxyl groups is 1. The molecule has 1 saturated heterocycles. The Balaban J connectivity index is 1.70. The Kier molecular flexibility index (Phi) is 7.02. The van der Waals surface area contributed by atoms with E-state index in [0.29, 0.717) is 13.0 Å². The molecule has 7 N–H and O–H groups in total. The number of ether oxygens (including phenoxy) is 1. The highest BCUT2D eigenvalue weighted by molar-refractivity contribution is 6.24. The van der Waals surface area contributed by atoms with E-state index in [1.54, 1.807) is 11.9 Å². The maximum atomic E-state index is 13.9. The fourth-order valence-electron chi connectivity index (χ4n) is 6.65. The summed E-state index contributed by atoms with van der Waals surface area (Å²) in [5.41, 5.74) is -0.748. The molecule has 3 aliphatic carbocycles. The van der Waals surface area contributed by atoms with Gasteiger partial charge in [0.15, 0.2) is 17.1 Å². The van der Waals surface area contributed by atoms with Crippen molar-refractivity contribution in [3.05, 3.63) is 34.1 Å². The van der Waals surface area contributed by atoms with Crippen LogP contribution in [0.3, 0.4) is 0 Å². The minimum absolute atomic E-state index is 0.329. The second-order valence-corrected chi connectivity index (χ2v) is 11.4. The lowest BCUT2D eigenvalue weighted by Crippen LogP contribution is -2.65. The molecule has 0 aromatic heterocycles. The number of Topliss-reactive ketones (excluding diaryl/α,β-unsaturated/α-hetero) is 2. The quantitative estimate of drug-likeness (QED) is 0.200. The number of amides is 2. The molecule has 43 heavy (non-hydrogen) atoms. The summed E-state index contributed by atoms with van der Waals surface area (Å²) >= 11 is 0. The molecule has 2 amide bonds. The van der Waals surface area contributed by atoms with Crippen molar-refractivity contribution in [2.45, 2.75) is 43.3 Å². The molecule has 1 aromatic carbocycles. The zero-order chi connectivity index (χ0) is 31.9. The molecule has 2 fully saturated rings. The number of rotatable bonds is 5. The highest BCUT2D eigenvalue weighted by Gasteiger charge is 2.64. The topological polar surface area (TPSA) is 203 Å². The Morgan fingerprint density at radius 3 is 2.37 bits per heavy atom. The number of ketones is 2. The van der Waals surface area contributed by atoms with Gasteiger partial charge in [0.2, 0.25) is 11.7 Å². The Labute approximate surface area is 242 Å². The number of nitrogens with two attached hydrogens (primary N) is 1. The largest absolute Gasteiger partial charge is 0.573 e. The van der Waals surface area contributed by atoms with Crippen molar-refractivity contribution in [1.29, 1.82) is 0 Å².